The topological polar surface area (TPSA) is 75.2 Å². The Hall–Kier alpha value is -1.80. The van der Waals surface area contributed by atoms with Crippen LogP contribution in [0.15, 0.2) is 17.3 Å². The van der Waals surface area contributed by atoms with Crippen molar-refractivity contribution in [3.8, 4) is 5.75 Å². The van der Waals surface area contributed by atoms with Crippen molar-refractivity contribution in [3.63, 3.8) is 0 Å². The smallest absolute Gasteiger partial charge is 0.210 e. The van der Waals surface area contributed by atoms with Gasteiger partial charge in [-0.15, -0.1) is 10.2 Å². The Labute approximate surface area is 149 Å². The lowest BCUT2D eigenvalue weighted by Gasteiger charge is -2.21. The molecule has 0 bridgehead atoms. The number of rotatable bonds is 4. The van der Waals surface area contributed by atoms with Gasteiger partial charge in [-0.2, -0.15) is 0 Å². The third kappa shape index (κ3) is 3.46. The van der Waals surface area contributed by atoms with E-state index in [0.717, 1.165) is 29.8 Å². The molecule has 2 aromatic rings. The zero-order valence-electron chi connectivity index (χ0n) is 13.9. The Kier molecular flexibility index (Phi) is 4.80. The lowest BCUT2D eigenvalue weighted by molar-refractivity contribution is -0.0171. The summed E-state index contributed by atoms with van der Waals surface area (Å²) in [5, 5.41) is 9.17. The van der Waals surface area contributed by atoms with Crippen LogP contribution in [0.25, 0.3) is 0 Å². The Balaban J connectivity index is 1.50. The van der Waals surface area contributed by atoms with E-state index in [1.54, 1.807) is 4.68 Å². The number of benzene rings is 1. The summed E-state index contributed by atoms with van der Waals surface area (Å²) in [6.07, 6.45) is 5.95. The molecule has 2 aliphatic rings. The minimum atomic E-state index is -0.291. The molecule has 1 aromatic heterocycles. The SMILES string of the molecule is Nn1c(SCc2cc(F)cc3c2OCOC3)nnc1C1CCCCC1. The van der Waals surface area contributed by atoms with E-state index in [0.29, 0.717) is 29.2 Å². The van der Waals surface area contributed by atoms with Crippen molar-refractivity contribution in [2.45, 2.75) is 55.5 Å². The van der Waals surface area contributed by atoms with Gasteiger partial charge in [-0.05, 0) is 25.0 Å². The zero-order chi connectivity index (χ0) is 17.2. The molecule has 1 aromatic carbocycles. The van der Waals surface area contributed by atoms with Gasteiger partial charge < -0.3 is 15.3 Å². The van der Waals surface area contributed by atoms with Crippen LogP contribution in [-0.2, 0) is 17.1 Å². The molecule has 1 aliphatic heterocycles. The minimum absolute atomic E-state index is 0.190. The van der Waals surface area contributed by atoms with Gasteiger partial charge >= 0.3 is 0 Å². The lowest BCUT2D eigenvalue weighted by atomic mass is 9.89. The second-order valence-electron chi connectivity index (χ2n) is 6.50. The summed E-state index contributed by atoms with van der Waals surface area (Å²) in [7, 11) is 0. The largest absolute Gasteiger partial charge is 0.467 e. The van der Waals surface area contributed by atoms with Crippen molar-refractivity contribution in [2.75, 3.05) is 12.6 Å². The van der Waals surface area contributed by atoms with Gasteiger partial charge in [-0.25, -0.2) is 9.07 Å². The molecule has 0 amide bonds. The molecule has 1 saturated carbocycles. The first-order valence-corrected chi connectivity index (χ1v) is 9.56. The molecule has 0 unspecified atom stereocenters. The summed E-state index contributed by atoms with van der Waals surface area (Å²) in [5.41, 5.74) is 1.52. The molecule has 0 radical (unpaired) electrons. The predicted molar refractivity (Wildman–Crippen MR) is 92.2 cm³/mol. The van der Waals surface area contributed by atoms with Crippen molar-refractivity contribution in [2.24, 2.45) is 0 Å². The van der Waals surface area contributed by atoms with E-state index >= 15 is 0 Å². The molecule has 4 rings (SSSR count). The summed E-state index contributed by atoms with van der Waals surface area (Å²) in [6.45, 7) is 0.554. The van der Waals surface area contributed by atoms with Crippen LogP contribution in [0, 0.1) is 5.82 Å². The molecule has 1 aliphatic carbocycles. The molecule has 2 N–H and O–H groups in total. The van der Waals surface area contributed by atoms with Crippen LogP contribution in [0.1, 0.15) is 55.0 Å². The molecule has 0 spiro atoms. The van der Waals surface area contributed by atoms with Gasteiger partial charge in [-0.3, -0.25) is 0 Å². The predicted octanol–water partition coefficient (Wildman–Crippen LogP) is 3.34. The Bertz CT molecular complexity index is 761. The molecule has 8 heteroatoms. The van der Waals surface area contributed by atoms with E-state index in [1.807, 2.05) is 0 Å². The number of nitrogens with zero attached hydrogens (tertiary/aromatic N) is 3. The van der Waals surface area contributed by atoms with Crippen molar-refractivity contribution in [3.05, 3.63) is 34.9 Å². The average Bonchev–Trinajstić information content (AvgIpc) is 3.01. The van der Waals surface area contributed by atoms with Crippen molar-refractivity contribution in [1.29, 1.82) is 0 Å². The number of halogens is 1. The fourth-order valence-electron chi connectivity index (χ4n) is 3.53. The fourth-order valence-corrected chi connectivity index (χ4v) is 4.36. The molecular formula is C17H21FN4O2S. The second-order valence-corrected chi connectivity index (χ2v) is 7.44. The highest BCUT2D eigenvalue weighted by Gasteiger charge is 2.23. The van der Waals surface area contributed by atoms with Gasteiger partial charge in [0.05, 0.1) is 6.61 Å². The van der Waals surface area contributed by atoms with E-state index in [4.69, 9.17) is 15.3 Å². The molecule has 134 valence electrons. The molecule has 2 heterocycles. The summed E-state index contributed by atoms with van der Waals surface area (Å²) in [4.78, 5) is 0. The summed E-state index contributed by atoms with van der Waals surface area (Å²) in [6, 6.07) is 2.95. The van der Waals surface area contributed by atoms with Crippen molar-refractivity contribution >= 4 is 11.8 Å². The number of nitrogen functional groups attached to an aromatic ring is 1. The van der Waals surface area contributed by atoms with Gasteiger partial charge in [-0.1, -0.05) is 31.0 Å². The van der Waals surface area contributed by atoms with E-state index in [-0.39, 0.29) is 12.6 Å². The summed E-state index contributed by atoms with van der Waals surface area (Å²) in [5.74, 6) is 8.39. The normalized spacial score (nSPS) is 18.0. The van der Waals surface area contributed by atoms with Crippen molar-refractivity contribution < 1.29 is 13.9 Å². The maximum atomic E-state index is 13.8. The summed E-state index contributed by atoms with van der Waals surface area (Å²) < 4.78 is 26.2. The number of fused-ring (bicyclic) bond motifs is 1. The maximum absolute atomic E-state index is 13.8. The zero-order valence-corrected chi connectivity index (χ0v) is 14.7. The highest BCUT2D eigenvalue weighted by molar-refractivity contribution is 7.98. The monoisotopic (exact) mass is 364 g/mol. The van der Waals surface area contributed by atoms with Gasteiger partial charge in [0.1, 0.15) is 11.6 Å². The number of aromatic nitrogens is 3. The van der Waals surface area contributed by atoms with Crippen LogP contribution < -0.4 is 10.6 Å². The standard InChI is InChI=1S/C17H21FN4O2S/c18-14-6-12-8-23-10-24-15(12)13(7-14)9-25-17-21-20-16(22(17)19)11-4-2-1-3-5-11/h6-7,11H,1-5,8-10,19H2. The fraction of sp³-hybridized carbons (Fsp3) is 0.529. The van der Waals surface area contributed by atoms with Crippen LogP contribution in [0.3, 0.4) is 0 Å². The van der Waals surface area contributed by atoms with E-state index < -0.39 is 0 Å². The second kappa shape index (κ2) is 7.21. The molecule has 25 heavy (non-hydrogen) atoms. The molecule has 0 saturated heterocycles. The van der Waals surface area contributed by atoms with Gasteiger partial charge in [0.2, 0.25) is 5.16 Å². The summed E-state index contributed by atoms with van der Waals surface area (Å²) >= 11 is 1.44. The molecular weight excluding hydrogens is 343 g/mol. The average molecular weight is 364 g/mol. The first kappa shape index (κ1) is 16.7. The Morgan fingerprint density at radius 1 is 1.24 bits per heavy atom. The van der Waals surface area contributed by atoms with Crippen LogP contribution in [0.2, 0.25) is 0 Å². The first-order chi connectivity index (χ1) is 12.2. The lowest BCUT2D eigenvalue weighted by Crippen LogP contribution is -2.18. The van der Waals surface area contributed by atoms with Gasteiger partial charge in [0, 0.05) is 22.8 Å². The van der Waals surface area contributed by atoms with Crippen LogP contribution in [0.5, 0.6) is 5.75 Å². The number of thioether (sulfide) groups is 1. The van der Waals surface area contributed by atoms with E-state index in [1.165, 1.54) is 43.2 Å². The minimum Gasteiger partial charge on any atom is -0.467 e. The number of nitrogens with two attached hydrogens (primary N) is 1. The highest BCUT2D eigenvalue weighted by atomic mass is 32.2. The Morgan fingerprint density at radius 3 is 2.92 bits per heavy atom. The van der Waals surface area contributed by atoms with E-state index in [9.17, 15) is 4.39 Å². The maximum Gasteiger partial charge on any atom is 0.210 e. The molecule has 0 atom stereocenters. The molecule has 1 fully saturated rings. The highest BCUT2D eigenvalue weighted by Crippen LogP contribution is 2.35. The third-order valence-electron chi connectivity index (χ3n) is 4.77. The quantitative estimate of drug-likeness (QED) is 0.662. The van der Waals surface area contributed by atoms with Crippen LogP contribution >= 0.6 is 11.8 Å². The molecule has 6 nitrogen and oxygen atoms in total. The number of hydrogen-bond acceptors (Lipinski definition) is 6. The first-order valence-electron chi connectivity index (χ1n) is 8.57. The van der Waals surface area contributed by atoms with Gasteiger partial charge in [0.25, 0.3) is 0 Å². The third-order valence-corrected chi connectivity index (χ3v) is 5.76. The van der Waals surface area contributed by atoms with Crippen LogP contribution in [0.4, 0.5) is 4.39 Å². The van der Waals surface area contributed by atoms with Crippen LogP contribution in [-0.4, -0.2) is 21.7 Å². The number of ether oxygens (including phenoxy) is 2. The number of hydrogen-bond donors (Lipinski definition) is 1. The van der Waals surface area contributed by atoms with Crippen molar-refractivity contribution in [1.82, 2.24) is 14.9 Å². The van der Waals surface area contributed by atoms with E-state index in [2.05, 4.69) is 10.2 Å². The Morgan fingerprint density at radius 2 is 2.08 bits per heavy atom. The van der Waals surface area contributed by atoms with Gasteiger partial charge in [0.15, 0.2) is 12.6 Å².